The van der Waals surface area contributed by atoms with E-state index in [1.54, 1.807) is 7.05 Å². The molecule has 1 atom stereocenters. The highest BCUT2D eigenvalue weighted by atomic mass is 127. The summed E-state index contributed by atoms with van der Waals surface area (Å²) in [4.78, 5) is 8.68. The van der Waals surface area contributed by atoms with Crippen molar-refractivity contribution in [3.8, 4) is 0 Å². The standard InChI is InChI=1S/C20H28N4O2.HI/c1-21-20(23-10-5-12-25-15-17-6-4-13-26-17)24-14-16-9-11-22-19-8-3-2-7-18(16)19;/h2-3,7-9,11,17H,4-6,10,12-15H2,1H3,(H2,21,23,24);1H. The molecule has 0 amide bonds. The lowest BCUT2D eigenvalue weighted by atomic mass is 10.1. The number of nitrogens with one attached hydrogen (secondary N) is 2. The van der Waals surface area contributed by atoms with Crippen LogP contribution in [0.5, 0.6) is 0 Å². The summed E-state index contributed by atoms with van der Waals surface area (Å²) in [6.45, 7) is 3.85. The molecule has 7 heteroatoms. The van der Waals surface area contributed by atoms with E-state index >= 15 is 0 Å². The molecule has 6 nitrogen and oxygen atoms in total. The van der Waals surface area contributed by atoms with Gasteiger partial charge in [-0.3, -0.25) is 9.98 Å². The van der Waals surface area contributed by atoms with Gasteiger partial charge in [0.05, 0.1) is 18.2 Å². The van der Waals surface area contributed by atoms with Gasteiger partial charge in [0, 0.05) is 44.9 Å². The molecule has 27 heavy (non-hydrogen) atoms. The molecule has 148 valence electrons. The molecule has 2 heterocycles. The van der Waals surface area contributed by atoms with Crippen LogP contribution in [0, 0.1) is 0 Å². The molecule has 1 aromatic carbocycles. The Labute approximate surface area is 178 Å². The van der Waals surface area contributed by atoms with Crippen molar-refractivity contribution in [2.24, 2.45) is 4.99 Å². The zero-order valence-corrected chi connectivity index (χ0v) is 18.1. The maximum Gasteiger partial charge on any atom is 0.191 e. The first-order valence-electron chi connectivity index (χ1n) is 9.33. The van der Waals surface area contributed by atoms with Gasteiger partial charge in [0.25, 0.3) is 0 Å². The second kappa shape index (κ2) is 12.1. The normalized spacial score (nSPS) is 16.9. The summed E-state index contributed by atoms with van der Waals surface area (Å²) in [5.41, 5.74) is 2.22. The number of ether oxygens (including phenoxy) is 2. The number of guanidine groups is 1. The lowest BCUT2D eigenvalue weighted by molar-refractivity contribution is 0.0168. The van der Waals surface area contributed by atoms with E-state index in [1.807, 2.05) is 30.5 Å². The van der Waals surface area contributed by atoms with Crippen LogP contribution < -0.4 is 10.6 Å². The summed E-state index contributed by atoms with van der Waals surface area (Å²) < 4.78 is 11.2. The van der Waals surface area contributed by atoms with Crippen LogP contribution in [-0.2, 0) is 16.0 Å². The molecule has 2 N–H and O–H groups in total. The largest absolute Gasteiger partial charge is 0.379 e. The predicted octanol–water partition coefficient (Wildman–Crippen LogP) is 3.10. The lowest BCUT2D eigenvalue weighted by Gasteiger charge is -2.13. The fourth-order valence-electron chi connectivity index (χ4n) is 3.08. The van der Waals surface area contributed by atoms with Crippen molar-refractivity contribution in [2.45, 2.75) is 31.9 Å². The van der Waals surface area contributed by atoms with Crippen LogP contribution in [-0.4, -0.2) is 50.5 Å². The van der Waals surface area contributed by atoms with Crippen molar-refractivity contribution in [1.82, 2.24) is 15.6 Å². The Morgan fingerprint density at radius 3 is 3.00 bits per heavy atom. The van der Waals surface area contributed by atoms with Gasteiger partial charge in [-0.25, -0.2) is 0 Å². The number of hydrogen-bond donors (Lipinski definition) is 2. The SMILES string of the molecule is CN=C(NCCCOCC1CCCO1)NCc1ccnc2ccccc12.I. The van der Waals surface area contributed by atoms with Crippen LogP contribution in [0.3, 0.4) is 0 Å². The first kappa shape index (κ1) is 21.8. The molecule has 0 bridgehead atoms. The van der Waals surface area contributed by atoms with E-state index in [0.29, 0.717) is 19.3 Å². The smallest absolute Gasteiger partial charge is 0.191 e. The number of aromatic nitrogens is 1. The van der Waals surface area contributed by atoms with E-state index in [2.05, 4.69) is 26.7 Å². The van der Waals surface area contributed by atoms with Crippen molar-refractivity contribution in [1.29, 1.82) is 0 Å². The summed E-state index contributed by atoms with van der Waals surface area (Å²) in [5.74, 6) is 0.796. The number of aliphatic imine (C=N–C) groups is 1. The van der Waals surface area contributed by atoms with Crippen LogP contribution in [0.1, 0.15) is 24.8 Å². The highest BCUT2D eigenvalue weighted by Gasteiger charge is 2.14. The number of nitrogens with zero attached hydrogens (tertiary/aromatic N) is 2. The summed E-state index contributed by atoms with van der Waals surface area (Å²) >= 11 is 0. The highest BCUT2D eigenvalue weighted by molar-refractivity contribution is 14.0. The van der Waals surface area contributed by atoms with E-state index < -0.39 is 0 Å². The van der Waals surface area contributed by atoms with Crippen LogP contribution in [0.2, 0.25) is 0 Å². The zero-order chi connectivity index (χ0) is 18.0. The number of benzene rings is 1. The first-order valence-corrected chi connectivity index (χ1v) is 9.33. The van der Waals surface area contributed by atoms with E-state index in [9.17, 15) is 0 Å². The van der Waals surface area contributed by atoms with Crippen molar-refractivity contribution in [3.05, 3.63) is 42.1 Å². The topological polar surface area (TPSA) is 67.8 Å². The van der Waals surface area contributed by atoms with Crippen LogP contribution in [0.15, 0.2) is 41.5 Å². The Bertz CT molecular complexity index is 715. The third-order valence-corrected chi connectivity index (χ3v) is 4.49. The summed E-state index contributed by atoms with van der Waals surface area (Å²) in [6.07, 6.45) is 5.36. The number of hydrogen-bond acceptors (Lipinski definition) is 4. The third-order valence-electron chi connectivity index (χ3n) is 4.49. The van der Waals surface area contributed by atoms with E-state index in [4.69, 9.17) is 9.47 Å². The molecule has 1 fully saturated rings. The van der Waals surface area contributed by atoms with Gasteiger partial charge in [-0.2, -0.15) is 0 Å². The maximum atomic E-state index is 5.68. The molecule has 1 unspecified atom stereocenters. The Hall–Kier alpha value is -1.45. The predicted molar refractivity (Wildman–Crippen MR) is 120 cm³/mol. The van der Waals surface area contributed by atoms with Gasteiger partial charge in [0.1, 0.15) is 0 Å². The Morgan fingerprint density at radius 1 is 1.30 bits per heavy atom. The van der Waals surface area contributed by atoms with E-state index in [1.165, 1.54) is 10.9 Å². The van der Waals surface area contributed by atoms with Crippen molar-refractivity contribution >= 4 is 40.8 Å². The molecule has 1 saturated heterocycles. The number of rotatable bonds is 8. The Morgan fingerprint density at radius 2 is 2.19 bits per heavy atom. The van der Waals surface area contributed by atoms with Gasteiger partial charge in [0.2, 0.25) is 0 Å². The molecular weight excluding hydrogens is 455 g/mol. The van der Waals surface area contributed by atoms with Gasteiger partial charge >= 0.3 is 0 Å². The molecule has 2 aromatic rings. The molecule has 1 aliphatic heterocycles. The van der Waals surface area contributed by atoms with Crippen molar-refractivity contribution in [2.75, 3.05) is 33.4 Å². The molecule has 1 aliphatic rings. The average Bonchev–Trinajstić information content (AvgIpc) is 3.20. The molecule has 0 spiro atoms. The molecule has 0 saturated carbocycles. The minimum absolute atomic E-state index is 0. The van der Waals surface area contributed by atoms with Gasteiger partial charge in [-0.05, 0) is 37.0 Å². The van der Waals surface area contributed by atoms with Gasteiger partial charge in [-0.1, -0.05) is 18.2 Å². The van der Waals surface area contributed by atoms with Gasteiger partial charge < -0.3 is 20.1 Å². The summed E-state index contributed by atoms with van der Waals surface area (Å²) in [7, 11) is 1.79. The van der Waals surface area contributed by atoms with E-state index in [-0.39, 0.29) is 24.0 Å². The molecule has 1 aromatic heterocycles. The van der Waals surface area contributed by atoms with Crippen molar-refractivity contribution in [3.63, 3.8) is 0 Å². The quantitative estimate of drug-likeness (QED) is 0.261. The zero-order valence-electron chi connectivity index (χ0n) is 15.8. The highest BCUT2D eigenvalue weighted by Crippen LogP contribution is 2.15. The van der Waals surface area contributed by atoms with Crippen LogP contribution in [0.25, 0.3) is 10.9 Å². The number of halogens is 1. The molecule has 0 aliphatic carbocycles. The minimum Gasteiger partial charge on any atom is -0.379 e. The van der Waals surface area contributed by atoms with Crippen LogP contribution >= 0.6 is 24.0 Å². The number of pyridine rings is 1. The Kier molecular flexibility index (Phi) is 9.79. The first-order chi connectivity index (χ1) is 12.9. The fourth-order valence-corrected chi connectivity index (χ4v) is 3.08. The molecule has 0 radical (unpaired) electrons. The maximum absolute atomic E-state index is 5.68. The van der Waals surface area contributed by atoms with Crippen LogP contribution in [0.4, 0.5) is 0 Å². The second-order valence-electron chi connectivity index (χ2n) is 6.40. The molecule has 3 rings (SSSR count). The summed E-state index contributed by atoms with van der Waals surface area (Å²) in [5, 5.41) is 7.86. The minimum atomic E-state index is 0. The Balaban J connectivity index is 0.00000261. The molecular formula is C20H29IN4O2. The monoisotopic (exact) mass is 484 g/mol. The van der Waals surface area contributed by atoms with Gasteiger partial charge in [0.15, 0.2) is 5.96 Å². The number of fused-ring (bicyclic) bond motifs is 1. The van der Waals surface area contributed by atoms with Gasteiger partial charge in [-0.15, -0.1) is 24.0 Å². The van der Waals surface area contributed by atoms with Crippen molar-refractivity contribution < 1.29 is 9.47 Å². The third kappa shape index (κ3) is 6.90. The van der Waals surface area contributed by atoms with E-state index in [0.717, 1.165) is 50.5 Å². The fraction of sp³-hybridized carbons (Fsp3) is 0.500. The number of para-hydroxylation sites is 1. The second-order valence-corrected chi connectivity index (χ2v) is 6.40. The average molecular weight is 484 g/mol. The summed E-state index contributed by atoms with van der Waals surface area (Å²) in [6, 6.07) is 10.2. The lowest BCUT2D eigenvalue weighted by Crippen LogP contribution is -2.37.